The van der Waals surface area contributed by atoms with Crippen LogP contribution in [0.15, 0.2) is 18.2 Å². The van der Waals surface area contributed by atoms with E-state index in [-0.39, 0.29) is 11.9 Å². The lowest BCUT2D eigenvalue weighted by Crippen LogP contribution is -2.53. The van der Waals surface area contributed by atoms with E-state index in [1.807, 2.05) is 37.2 Å². The van der Waals surface area contributed by atoms with Crippen LogP contribution >= 0.6 is 0 Å². The average molecular weight is 322 g/mol. The second kappa shape index (κ2) is 8.17. The van der Waals surface area contributed by atoms with Crippen LogP contribution in [0.4, 0.5) is 0 Å². The fraction of sp³-hybridized carbons (Fsp3) is 0.588. The zero-order chi connectivity index (χ0) is 16.8. The Labute approximate surface area is 137 Å². The molecule has 1 aromatic rings. The molecule has 1 saturated heterocycles. The lowest BCUT2D eigenvalue weighted by atomic mass is 10.1. The van der Waals surface area contributed by atoms with E-state index in [0.717, 1.165) is 12.1 Å². The van der Waals surface area contributed by atoms with Crippen molar-refractivity contribution in [2.24, 2.45) is 0 Å². The number of morpholine rings is 1. The summed E-state index contributed by atoms with van der Waals surface area (Å²) in [6.07, 6.45) is 0.351. The lowest BCUT2D eigenvalue weighted by Gasteiger charge is -2.37. The molecule has 0 saturated carbocycles. The number of benzene rings is 1. The van der Waals surface area contributed by atoms with Crippen molar-refractivity contribution in [3.05, 3.63) is 23.8 Å². The minimum Gasteiger partial charge on any atom is -0.493 e. The SMILES string of the molecule is COc1ccc(CC(=O)N2CCOCC2CN(C)C)cc1OC. The van der Waals surface area contributed by atoms with Gasteiger partial charge in [-0.1, -0.05) is 6.07 Å². The molecule has 0 bridgehead atoms. The summed E-state index contributed by atoms with van der Waals surface area (Å²) in [6, 6.07) is 5.70. The maximum Gasteiger partial charge on any atom is 0.227 e. The molecular formula is C17H26N2O4. The van der Waals surface area contributed by atoms with Crippen molar-refractivity contribution in [2.75, 3.05) is 54.6 Å². The highest BCUT2D eigenvalue weighted by molar-refractivity contribution is 5.79. The first-order valence-corrected chi connectivity index (χ1v) is 7.78. The van der Waals surface area contributed by atoms with Crippen LogP contribution in [0, 0.1) is 0 Å². The molecule has 23 heavy (non-hydrogen) atoms. The Balaban J connectivity index is 2.07. The molecular weight excluding hydrogens is 296 g/mol. The molecule has 2 rings (SSSR count). The van der Waals surface area contributed by atoms with Crippen molar-refractivity contribution in [1.82, 2.24) is 9.80 Å². The third-order valence-corrected chi connectivity index (χ3v) is 3.93. The minimum atomic E-state index is 0.103. The summed E-state index contributed by atoms with van der Waals surface area (Å²) in [5.74, 6) is 1.43. The summed E-state index contributed by atoms with van der Waals surface area (Å²) in [5.41, 5.74) is 0.919. The van der Waals surface area contributed by atoms with Crippen LogP contribution in [0.1, 0.15) is 5.56 Å². The number of ether oxygens (including phenoxy) is 3. The van der Waals surface area contributed by atoms with Gasteiger partial charge in [-0.3, -0.25) is 4.79 Å². The van der Waals surface area contributed by atoms with Crippen molar-refractivity contribution in [3.63, 3.8) is 0 Å². The van der Waals surface area contributed by atoms with Gasteiger partial charge >= 0.3 is 0 Å². The number of hydrogen-bond donors (Lipinski definition) is 0. The van der Waals surface area contributed by atoms with Crippen LogP contribution in [0.5, 0.6) is 11.5 Å². The number of carbonyl (C=O) groups excluding carboxylic acids is 1. The van der Waals surface area contributed by atoms with E-state index >= 15 is 0 Å². The molecule has 1 aliphatic rings. The molecule has 1 unspecified atom stereocenters. The van der Waals surface area contributed by atoms with Crippen LogP contribution < -0.4 is 9.47 Å². The molecule has 0 radical (unpaired) electrons. The van der Waals surface area contributed by atoms with E-state index < -0.39 is 0 Å². The third-order valence-electron chi connectivity index (χ3n) is 3.93. The van der Waals surface area contributed by atoms with Crippen molar-refractivity contribution in [2.45, 2.75) is 12.5 Å². The van der Waals surface area contributed by atoms with Gasteiger partial charge in [-0.15, -0.1) is 0 Å². The zero-order valence-corrected chi connectivity index (χ0v) is 14.4. The Morgan fingerprint density at radius 2 is 2.04 bits per heavy atom. The second-order valence-corrected chi connectivity index (χ2v) is 5.94. The van der Waals surface area contributed by atoms with Gasteiger partial charge in [-0.25, -0.2) is 0 Å². The first-order chi connectivity index (χ1) is 11.0. The Hall–Kier alpha value is -1.79. The molecule has 0 spiro atoms. The van der Waals surface area contributed by atoms with Gasteiger partial charge in [0.2, 0.25) is 5.91 Å². The standard InChI is InChI=1S/C17H26N2O4/c1-18(2)11-14-12-23-8-7-19(14)17(20)10-13-5-6-15(21-3)16(9-13)22-4/h5-6,9,14H,7-8,10-12H2,1-4H3. The minimum absolute atomic E-state index is 0.103. The molecule has 1 aliphatic heterocycles. The Kier molecular flexibility index (Phi) is 6.24. The highest BCUT2D eigenvalue weighted by Gasteiger charge is 2.27. The van der Waals surface area contributed by atoms with Gasteiger partial charge in [0.25, 0.3) is 0 Å². The van der Waals surface area contributed by atoms with Gasteiger partial charge in [-0.05, 0) is 31.8 Å². The van der Waals surface area contributed by atoms with E-state index in [1.54, 1.807) is 14.2 Å². The van der Waals surface area contributed by atoms with Crippen LogP contribution in [0.2, 0.25) is 0 Å². The number of amides is 1. The molecule has 0 aliphatic carbocycles. The van der Waals surface area contributed by atoms with Crippen LogP contribution in [-0.2, 0) is 16.0 Å². The second-order valence-electron chi connectivity index (χ2n) is 5.94. The summed E-state index contributed by atoms with van der Waals surface area (Å²) < 4.78 is 16.1. The smallest absolute Gasteiger partial charge is 0.227 e. The molecule has 1 heterocycles. The number of methoxy groups -OCH3 is 2. The predicted molar refractivity (Wildman–Crippen MR) is 88.1 cm³/mol. The quantitative estimate of drug-likeness (QED) is 0.783. The summed E-state index contributed by atoms with van der Waals surface area (Å²) in [7, 11) is 7.21. The Morgan fingerprint density at radius 1 is 1.30 bits per heavy atom. The summed E-state index contributed by atoms with van der Waals surface area (Å²) >= 11 is 0. The Bertz CT molecular complexity index is 533. The fourth-order valence-corrected chi connectivity index (χ4v) is 2.82. The fourth-order valence-electron chi connectivity index (χ4n) is 2.82. The van der Waals surface area contributed by atoms with Gasteiger partial charge in [0.15, 0.2) is 11.5 Å². The number of rotatable bonds is 6. The molecule has 1 aromatic carbocycles. The molecule has 6 heteroatoms. The van der Waals surface area contributed by atoms with Gasteiger partial charge in [0, 0.05) is 13.1 Å². The van der Waals surface area contributed by atoms with Crippen LogP contribution in [0.25, 0.3) is 0 Å². The molecule has 6 nitrogen and oxygen atoms in total. The maximum absolute atomic E-state index is 12.7. The van der Waals surface area contributed by atoms with Crippen molar-refractivity contribution >= 4 is 5.91 Å². The molecule has 0 N–H and O–H groups in total. The number of nitrogens with zero attached hydrogens (tertiary/aromatic N) is 2. The molecule has 1 amide bonds. The van der Waals surface area contributed by atoms with Crippen LogP contribution in [0.3, 0.4) is 0 Å². The highest BCUT2D eigenvalue weighted by Crippen LogP contribution is 2.28. The first kappa shape index (κ1) is 17.6. The summed E-state index contributed by atoms with van der Waals surface area (Å²) in [4.78, 5) is 16.7. The number of hydrogen-bond acceptors (Lipinski definition) is 5. The Morgan fingerprint density at radius 3 is 2.70 bits per heavy atom. The molecule has 128 valence electrons. The average Bonchev–Trinajstić information content (AvgIpc) is 2.54. The molecule has 1 fully saturated rings. The van der Waals surface area contributed by atoms with Crippen molar-refractivity contribution < 1.29 is 19.0 Å². The number of likely N-dealkylation sites (N-methyl/N-ethyl adjacent to an activating group) is 1. The van der Waals surface area contributed by atoms with Gasteiger partial charge in [-0.2, -0.15) is 0 Å². The third kappa shape index (κ3) is 4.59. The van der Waals surface area contributed by atoms with Crippen molar-refractivity contribution in [3.8, 4) is 11.5 Å². The lowest BCUT2D eigenvalue weighted by molar-refractivity contribution is -0.139. The van der Waals surface area contributed by atoms with E-state index in [2.05, 4.69) is 4.90 Å². The van der Waals surface area contributed by atoms with E-state index in [0.29, 0.717) is 37.7 Å². The molecule has 1 atom stereocenters. The predicted octanol–water partition coefficient (Wildman–Crippen LogP) is 1.04. The van der Waals surface area contributed by atoms with E-state index in [1.165, 1.54) is 0 Å². The highest BCUT2D eigenvalue weighted by atomic mass is 16.5. The molecule has 0 aromatic heterocycles. The maximum atomic E-state index is 12.7. The summed E-state index contributed by atoms with van der Waals surface area (Å²) in [5, 5.41) is 0. The van der Waals surface area contributed by atoms with Crippen LogP contribution in [-0.4, -0.2) is 76.4 Å². The largest absolute Gasteiger partial charge is 0.493 e. The normalized spacial score (nSPS) is 18.1. The monoisotopic (exact) mass is 322 g/mol. The topological polar surface area (TPSA) is 51.2 Å². The van der Waals surface area contributed by atoms with Gasteiger partial charge in [0.05, 0.1) is 39.9 Å². The summed E-state index contributed by atoms with van der Waals surface area (Å²) in [6.45, 7) is 2.64. The number of carbonyl (C=O) groups is 1. The van der Waals surface area contributed by atoms with Crippen molar-refractivity contribution in [1.29, 1.82) is 0 Å². The van der Waals surface area contributed by atoms with Gasteiger partial charge < -0.3 is 24.0 Å². The van der Waals surface area contributed by atoms with E-state index in [9.17, 15) is 4.79 Å². The van der Waals surface area contributed by atoms with E-state index in [4.69, 9.17) is 14.2 Å². The zero-order valence-electron chi connectivity index (χ0n) is 14.4. The van der Waals surface area contributed by atoms with Gasteiger partial charge in [0.1, 0.15) is 0 Å². The first-order valence-electron chi connectivity index (χ1n) is 7.78.